The SMILES string of the molecule is c1ccc2c(c1)Cc1cc(NC3=NCCC3)ccc1-2. The minimum atomic E-state index is 0.971. The van der Waals surface area contributed by atoms with Crippen LogP contribution in [0, 0.1) is 0 Å². The molecule has 1 heterocycles. The summed E-state index contributed by atoms with van der Waals surface area (Å²) in [5, 5.41) is 3.45. The van der Waals surface area contributed by atoms with Gasteiger partial charge in [-0.2, -0.15) is 0 Å². The Bertz CT molecular complexity index is 671. The molecule has 0 radical (unpaired) electrons. The summed E-state index contributed by atoms with van der Waals surface area (Å²) in [6.45, 7) is 0.971. The highest BCUT2D eigenvalue weighted by molar-refractivity contribution is 5.97. The number of nitrogens with one attached hydrogen (secondary N) is 1. The van der Waals surface area contributed by atoms with Crippen LogP contribution in [-0.2, 0) is 6.42 Å². The molecule has 19 heavy (non-hydrogen) atoms. The Morgan fingerprint density at radius 3 is 2.74 bits per heavy atom. The molecule has 2 aromatic carbocycles. The number of nitrogens with zero attached hydrogens (tertiary/aromatic N) is 1. The Morgan fingerprint density at radius 1 is 0.947 bits per heavy atom. The van der Waals surface area contributed by atoms with Crippen molar-refractivity contribution in [2.75, 3.05) is 11.9 Å². The summed E-state index contributed by atoms with van der Waals surface area (Å²) in [5.41, 5.74) is 6.81. The Balaban J connectivity index is 1.67. The van der Waals surface area contributed by atoms with Crippen LogP contribution in [-0.4, -0.2) is 12.4 Å². The lowest BCUT2D eigenvalue weighted by Gasteiger charge is -2.08. The van der Waals surface area contributed by atoms with E-state index in [0.29, 0.717) is 0 Å². The fraction of sp³-hybridized carbons (Fsp3) is 0.235. The molecule has 0 amide bonds. The molecule has 2 aromatic rings. The van der Waals surface area contributed by atoms with E-state index >= 15 is 0 Å². The zero-order valence-electron chi connectivity index (χ0n) is 10.8. The first-order chi connectivity index (χ1) is 9.40. The zero-order chi connectivity index (χ0) is 12.7. The average molecular weight is 248 g/mol. The van der Waals surface area contributed by atoms with Crippen molar-refractivity contribution in [2.24, 2.45) is 4.99 Å². The lowest BCUT2D eigenvalue weighted by atomic mass is 10.1. The van der Waals surface area contributed by atoms with Gasteiger partial charge in [0.15, 0.2) is 0 Å². The van der Waals surface area contributed by atoms with Crippen LogP contribution in [0.15, 0.2) is 47.5 Å². The number of anilines is 1. The molecule has 2 aliphatic rings. The van der Waals surface area contributed by atoms with Crippen LogP contribution in [0.25, 0.3) is 11.1 Å². The van der Waals surface area contributed by atoms with Gasteiger partial charge in [-0.05, 0) is 47.2 Å². The first kappa shape index (κ1) is 10.8. The maximum Gasteiger partial charge on any atom is 0.101 e. The minimum absolute atomic E-state index is 0.971. The largest absolute Gasteiger partial charge is 0.344 e. The normalized spacial score (nSPS) is 15.9. The van der Waals surface area contributed by atoms with E-state index < -0.39 is 0 Å². The van der Waals surface area contributed by atoms with Gasteiger partial charge in [-0.3, -0.25) is 4.99 Å². The molecule has 0 aromatic heterocycles. The van der Waals surface area contributed by atoms with Crippen LogP contribution in [0.1, 0.15) is 24.0 Å². The van der Waals surface area contributed by atoms with Gasteiger partial charge in [0.1, 0.15) is 5.84 Å². The quantitative estimate of drug-likeness (QED) is 0.694. The van der Waals surface area contributed by atoms with Crippen LogP contribution in [0.3, 0.4) is 0 Å². The molecule has 2 nitrogen and oxygen atoms in total. The van der Waals surface area contributed by atoms with Crippen LogP contribution < -0.4 is 5.32 Å². The van der Waals surface area contributed by atoms with Crippen molar-refractivity contribution in [1.82, 2.24) is 0 Å². The molecule has 0 fully saturated rings. The van der Waals surface area contributed by atoms with E-state index in [4.69, 9.17) is 0 Å². The van der Waals surface area contributed by atoms with Gasteiger partial charge in [0.2, 0.25) is 0 Å². The van der Waals surface area contributed by atoms with Crippen molar-refractivity contribution < 1.29 is 0 Å². The summed E-state index contributed by atoms with van der Waals surface area (Å²) in [6, 6.07) is 15.4. The summed E-state index contributed by atoms with van der Waals surface area (Å²) < 4.78 is 0. The molecule has 0 bridgehead atoms. The topological polar surface area (TPSA) is 24.4 Å². The second kappa shape index (κ2) is 4.23. The van der Waals surface area contributed by atoms with Crippen LogP contribution in [0.2, 0.25) is 0 Å². The van der Waals surface area contributed by atoms with Gasteiger partial charge < -0.3 is 5.32 Å². The number of amidine groups is 1. The maximum absolute atomic E-state index is 4.47. The van der Waals surface area contributed by atoms with Crippen molar-refractivity contribution in [3.63, 3.8) is 0 Å². The molecule has 0 unspecified atom stereocenters. The fourth-order valence-corrected chi connectivity index (χ4v) is 3.03. The van der Waals surface area contributed by atoms with Gasteiger partial charge in [0.05, 0.1) is 0 Å². The van der Waals surface area contributed by atoms with E-state index in [2.05, 4.69) is 52.8 Å². The smallest absolute Gasteiger partial charge is 0.101 e. The Morgan fingerprint density at radius 2 is 1.84 bits per heavy atom. The number of hydrogen-bond donors (Lipinski definition) is 1. The van der Waals surface area contributed by atoms with Crippen LogP contribution >= 0.6 is 0 Å². The van der Waals surface area contributed by atoms with E-state index in [1.807, 2.05) is 0 Å². The third-order valence-electron chi connectivity index (χ3n) is 3.96. The van der Waals surface area contributed by atoms with E-state index in [0.717, 1.165) is 25.2 Å². The molecular weight excluding hydrogens is 232 g/mol. The molecular formula is C17H16N2. The van der Waals surface area contributed by atoms with Gasteiger partial charge in [0.25, 0.3) is 0 Å². The van der Waals surface area contributed by atoms with Gasteiger partial charge in [-0.25, -0.2) is 0 Å². The van der Waals surface area contributed by atoms with Crippen molar-refractivity contribution in [3.8, 4) is 11.1 Å². The molecule has 2 heteroatoms. The van der Waals surface area contributed by atoms with Crippen molar-refractivity contribution >= 4 is 11.5 Å². The number of hydrogen-bond acceptors (Lipinski definition) is 2. The zero-order valence-corrected chi connectivity index (χ0v) is 10.8. The third kappa shape index (κ3) is 1.84. The molecule has 1 N–H and O–H groups in total. The van der Waals surface area contributed by atoms with Gasteiger partial charge in [0, 0.05) is 18.7 Å². The molecule has 0 spiro atoms. The van der Waals surface area contributed by atoms with Crippen molar-refractivity contribution in [1.29, 1.82) is 0 Å². The summed E-state index contributed by atoms with van der Waals surface area (Å²) in [6.07, 6.45) is 3.31. The second-order valence-electron chi connectivity index (χ2n) is 5.26. The van der Waals surface area contributed by atoms with Gasteiger partial charge in [-0.15, -0.1) is 0 Å². The number of rotatable bonds is 1. The highest BCUT2D eigenvalue weighted by Crippen LogP contribution is 2.37. The molecule has 1 aliphatic carbocycles. The minimum Gasteiger partial charge on any atom is -0.344 e. The Labute approximate surface area is 113 Å². The molecule has 0 atom stereocenters. The van der Waals surface area contributed by atoms with E-state index in [1.165, 1.54) is 34.4 Å². The van der Waals surface area contributed by atoms with Crippen molar-refractivity contribution in [2.45, 2.75) is 19.3 Å². The number of benzene rings is 2. The highest BCUT2D eigenvalue weighted by Gasteiger charge is 2.18. The Hall–Kier alpha value is -2.09. The van der Waals surface area contributed by atoms with Gasteiger partial charge >= 0.3 is 0 Å². The van der Waals surface area contributed by atoms with E-state index in [-0.39, 0.29) is 0 Å². The average Bonchev–Trinajstić information content (AvgIpc) is 3.05. The predicted molar refractivity (Wildman–Crippen MR) is 79.8 cm³/mol. The summed E-state index contributed by atoms with van der Waals surface area (Å²) in [4.78, 5) is 4.47. The lowest BCUT2D eigenvalue weighted by Crippen LogP contribution is -2.08. The molecule has 0 saturated carbocycles. The fourth-order valence-electron chi connectivity index (χ4n) is 3.03. The summed E-state index contributed by atoms with van der Waals surface area (Å²) in [5.74, 6) is 1.13. The second-order valence-corrected chi connectivity index (χ2v) is 5.26. The Kier molecular flexibility index (Phi) is 2.41. The maximum atomic E-state index is 4.47. The van der Waals surface area contributed by atoms with Crippen LogP contribution in [0.5, 0.6) is 0 Å². The molecule has 4 rings (SSSR count). The predicted octanol–water partition coefficient (Wildman–Crippen LogP) is 3.86. The first-order valence-corrected chi connectivity index (χ1v) is 6.92. The summed E-state index contributed by atoms with van der Waals surface area (Å²) in [7, 11) is 0. The monoisotopic (exact) mass is 248 g/mol. The summed E-state index contributed by atoms with van der Waals surface area (Å²) >= 11 is 0. The van der Waals surface area contributed by atoms with Crippen molar-refractivity contribution in [3.05, 3.63) is 53.6 Å². The van der Waals surface area contributed by atoms with E-state index in [1.54, 1.807) is 0 Å². The number of aliphatic imine (C=N–C) groups is 1. The highest BCUT2D eigenvalue weighted by atomic mass is 15.0. The van der Waals surface area contributed by atoms with Crippen LogP contribution in [0.4, 0.5) is 5.69 Å². The van der Waals surface area contributed by atoms with E-state index in [9.17, 15) is 0 Å². The standard InChI is InChI=1S/C17H16N2/c1-2-5-15-12(4-1)10-13-11-14(7-8-16(13)15)19-17-6-3-9-18-17/h1-2,4-5,7-8,11H,3,6,9-10H2,(H,18,19). The van der Waals surface area contributed by atoms with Gasteiger partial charge in [-0.1, -0.05) is 30.3 Å². The lowest BCUT2D eigenvalue weighted by molar-refractivity contribution is 0.951. The molecule has 94 valence electrons. The third-order valence-corrected chi connectivity index (χ3v) is 3.96. The molecule has 1 aliphatic heterocycles. The first-order valence-electron chi connectivity index (χ1n) is 6.92. The number of fused-ring (bicyclic) bond motifs is 3. The molecule has 0 saturated heterocycles.